The molecule has 0 atom stereocenters. The number of rotatable bonds is 7. The van der Waals surface area contributed by atoms with Gasteiger partial charge in [0.1, 0.15) is 12.1 Å². The lowest BCUT2D eigenvalue weighted by molar-refractivity contribution is -0.117. The van der Waals surface area contributed by atoms with E-state index in [0.29, 0.717) is 23.7 Å². The number of hydrogen-bond acceptors (Lipinski definition) is 6. The van der Waals surface area contributed by atoms with Crippen LogP contribution >= 0.6 is 11.8 Å². The second-order valence-electron chi connectivity index (χ2n) is 6.23. The molecule has 0 N–H and O–H groups in total. The number of carbonyl (C=O) groups is 2. The molecule has 0 bridgehead atoms. The maximum atomic E-state index is 12.5. The van der Waals surface area contributed by atoms with Gasteiger partial charge < -0.3 is 13.9 Å². The van der Waals surface area contributed by atoms with Crippen LogP contribution in [-0.2, 0) is 11.3 Å². The molecule has 1 fully saturated rings. The van der Waals surface area contributed by atoms with Crippen LogP contribution in [0.4, 0.5) is 5.69 Å². The van der Waals surface area contributed by atoms with Gasteiger partial charge in [0.05, 0.1) is 18.6 Å². The number of anilines is 1. The Morgan fingerprint density at radius 2 is 2.07 bits per heavy atom. The van der Waals surface area contributed by atoms with Crippen molar-refractivity contribution in [1.29, 1.82) is 0 Å². The van der Waals surface area contributed by atoms with Crippen LogP contribution in [0.5, 0.6) is 0 Å². The first-order chi connectivity index (χ1) is 13.2. The molecular formula is C19H18N4O3S. The minimum atomic E-state index is 0.00634. The van der Waals surface area contributed by atoms with Crippen molar-refractivity contribution in [3.63, 3.8) is 0 Å². The van der Waals surface area contributed by atoms with Crippen LogP contribution in [0.25, 0.3) is 0 Å². The molecule has 1 aromatic carbocycles. The van der Waals surface area contributed by atoms with Crippen LogP contribution < -0.4 is 4.90 Å². The molecule has 8 heteroatoms. The van der Waals surface area contributed by atoms with E-state index in [1.54, 1.807) is 29.6 Å². The standard InChI is InChI=1S/C19H18N4O3S/c24-17(14-5-7-15(8-6-14)23-9-1-4-18(23)25)12-27-19-21-20-13-22(19)11-16-3-2-10-26-16/h2-3,5-8,10,13H,1,4,9,11-12H2. The Kier molecular flexibility index (Phi) is 5.06. The molecule has 0 saturated carbocycles. The lowest BCUT2D eigenvalue weighted by atomic mass is 10.1. The third kappa shape index (κ3) is 3.95. The summed E-state index contributed by atoms with van der Waals surface area (Å²) in [6.45, 7) is 1.27. The normalized spacial score (nSPS) is 14.1. The van der Waals surface area contributed by atoms with Gasteiger partial charge in [-0.3, -0.25) is 9.59 Å². The number of benzene rings is 1. The highest BCUT2D eigenvalue weighted by atomic mass is 32.2. The van der Waals surface area contributed by atoms with Crippen LogP contribution in [0.3, 0.4) is 0 Å². The molecule has 138 valence electrons. The third-order valence-corrected chi connectivity index (χ3v) is 5.37. The maximum Gasteiger partial charge on any atom is 0.227 e. The van der Waals surface area contributed by atoms with E-state index in [1.807, 2.05) is 28.8 Å². The number of thioether (sulfide) groups is 1. The Hall–Kier alpha value is -2.87. The van der Waals surface area contributed by atoms with Crippen molar-refractivity contribution in [3.05, 3.63) is 60.3 Å². The number of furan rings is 1. The molecule has 0 aliphatic carbocycles. The lowest BCUT2D eigenvalue weighted by Gasteiger charge is -2.15. The van der Waals surface area contributed by atoms with E-state index in [0.717, 1.165) is 24.4 Å². The van der Waals surface area contributed by atoms with Gasteiger partial charge >= 0.3 is 0 Å². The number of Topliss-reactive ketones (excluding diaryl/α,β-unsaturated/α-hetero) is 1. The van der Waals surface area contributed by atoms with Gasteiger partial charge in [0.2, 0.25) is 5.91 Å². The summed E-state index contributed by atoms with van der Waals surface area (Å²) in [7, 11) is 0. The fourth-order valence-electron chi connectivity index (χ4n) is 3.00. The van der Waals surface area contributed by atoms with Crippen molar-refractivity contribution < 1.29 is 14.0 Å². The van der Waals surface area contributed by atoms with E-state index in [-0.39, 0.29) is 17.4 Å². The third-order valence-electron chi connectivity index (χ3n) is 4.39. The SMILES string of the molecule is O=C(CSc1nncn1Cc1ccco1)c1ccc(N2CCCC2=O)cc1. The summed E-state index contributed by atoms with van der Waals surface area (Å²) in [5.41, 5.74) is 1.47. The summed E-state index contributed by atoms with van der Waals surface area (Å²) in [4.78, 5) is 26.1. The number of nitrogens with zero attached hydrogens (tertiary/aromatic N) is 4. The molecule has 27 heavy (non-hydrogen) atoms. The van der Waals surface area contributed by atoms with Crippen molar-refractivity contribution in [2.24, 2.45) is 0 Å². The predicted molar refractivity (Wildman–Crippen MR) is 101 cm³/mol. The van der Waals surface area contributed by atoms with E-state index < -0.39 is 0 Å². The second-order valence-corrected chi connectivity index (χ2v) is 7.17. The molecule has 1 saturated heterocycles. The fraction of sp³-hybridized carbons (Fsp3) is 0.263. The van der Waals surface area contributed by atoms with Crippen molar-refractivity contribution in [2.75, 3.05) is 17.2 Å². The van der Waals surface area contributed by atoms with Crippen molar-refractivity contribution in [3.8, 4) is 0 Å². The van der Waals surface area contributed by atoms with E-state index in [9.17, 15) is 9.59 Å². The average molecular weight is 382 g/mol. The van der Waals surface area contributed by atoms with Crippen LogP contribution in [0.15, 0.2) is 58.6 Å². The largest absolute Gasteiger partial charge is 0.467 e. The zero-order chi connectivity index (χ0) is 18.6. The fourth-order valence-corrected chi connectivity index (χ4v) is 3.81. The first-order valence-corrected chi connectivity index (χ1v) is 9.66. The van der Waals surface area contributed by atoms with Crippen LogP contribution in [0.2, 0.25) is 0 Å². The second kappa shape index (κ2) is 7.79. The van der Waals surface area contributed by atoms with Gasteiger partial charge in [0.25, 0.3) is 0 Å². The zero-order valence-corrected chi connectivity index (χ0v) is 15.4. The number of hydrogen-bond donors (Lipinski definition) is 0. The molecule has 0 unspecified atom stereocenters. The van der Waals surface area contributed by atoms with Gasteiger partial charge in [0.15, 0.2) is 10.9 Å². The quantitative estimate of drug-likeness (QED) is 0.461. The number of ketones is 1. The first-order valence-electron chi connectivity index (χ1n) is 8.67. The Morgan fingerprint density at radius 3 is 2.78 bits per heavy atom. The summed E-state index contributed by atoms with van der Waals surface area (Å²) in [6.07, 6.45) is 4.72. The van der Waals surface area contributed by atoms with Crippen molar-refractivity contribution in [2.45, 2.75) is 24.5 Å². The summed E-state index contributed by atoms with van der Waals surface area (Å²) >= 11 is 1.34. The molecule has 1 amide bonds. The highest BCUT2D eigenvalue weighted by Gasteiger charge is 2.21. The van der Waals surface area contributed by atoms with Crippen LogP contribution in [0, 0.1) is 0 Å². The van der Waals surface area contributed by atoms with Gasteiger partial charge in [-0.2, -0.15) is 0 Å². The smallest absolute Gasteiger partial charge is 0.227 e. The summed E-state index contributed by atoms with van der Waals surface area (Å²) in [5.74, 6) is 1.21. The van der Waals surface area contributed by atoms with E-state index >= 15 is 0 Å². The highest BCUT2D eigenvalue weighted by Crippen LogP contribution is 2.23. The molecule has 2 aromatic heterocycles. The molecule has 1 aliphatic rings. The summed E-state index contributed by atoms with van der Waals surface area (Å²) in [6, 6.07) is 10.9. The summed E-state index contributed by atoms with van der Waals surface area (Å²) in [5, 5.41) is 8.66. The minimum absolute atomic E-state index is 0.00634. The summed E-state index contributed by atoms with van der Waals surface area (Å²) < 4.78 is 7.18. The zero-order valence-electron chi connectivity index (χ0n) is 14.6. The number of carbonyl (C=O) groups excluding carboxylic acids is 2. The van der Waals surface area contributed by atoms with Crippen LogP contribution in [-0.4, -0.2) is 38.8 Å². The first kappa shape index (κ1) is 17.5. The molecule has 3 heterocycles. The topological polar surface area (TPSA) is 81.2 Å². The van der Waals surface area contributed by atoms with Gasteiger partial charge in [-0.25, -0.2) is 0 Å². The number of amides is 1. The van der Waals surface area contributed by atoms with E-state index in [2.05, 4.69) is 10.2 Å². The Bertz CT molecular complexity index is 934. The lowest BCUT2D eigenvalue weighted by Crippen LogP contribution is -2.23. The van der Waals surface area contributed by atoms with Gasteiger partial charge in [0, 0.05) is 24.2 Å². The molecular weight excluding hydrogens is 364 g/mol. The van der Waals surface area contributed by atoms with Crippen LogP contribution in [0.1, 0.15) is 29.0 Å². The molecule has 3 aromatic rings. The molecule has 1 aliphatic heterocycles. The average Bonchev–Trinajstić information content (AvgIpc) is 3.43. The Morgan fingerprint density at radius 1 is 1.22 bits per heavy atom. The highest BCUT2D eigenvalue weighted by molar-refractivity contribution is 7.99. The van der Waals surface area contributed by atoms with Gasteiger partial charge in [-0.1, -0.05) is 11.8 Å². The van der Waals surface area contributed by atoms with Crippen molar-refractivity contribution in [1.82, 2.24) is 14.8 Å². The molecule has 4 rings (SSSR count). The van der Waals surface area contributed by atoms with E-state index in [1.165, 1.54) is 11.8 Å². The Labute approximate surface area is 160 Å². The minimum Gasteiger partial charge on any atom is -0.467 e. The number of aromatic nitrogens is 3. The molecule has 0 radical (unpaired) electrons. The predicted octanol–water partition coefficient (Wildman–Crippen LogP) is 3.02. The van der Waals surface area contributed by atoms with Gasteiger partial charge in [-0.15, -0.1) is 10.2 Å². The maximum absolute atomic E-state index is 12.5. The van der Waals surface area contributed by atoms with Crippen molar-refractivity contribution >= 4 is 29.1 Å². The molecule has 0 spiro atoms. The van der Waals surface area contributed by atoms with E-state index in [4.69, 9.17) is 4.42 Å². The molecule has 7 nitrogen and oxygen atoms in total. The van der Waals surface area contributed by atoms with Gasteiger partial charge in [-0.05, 0) is 42.8 Å². The Balaban J connectivity index is 1.37. The monoisotopic (exact) mass is 382 g/mol.